The van der Waals surface area contributed by atoms with Crippen LogP contribution in [0.4, 0.5) is 0 Å². The van der Waals surface area contributed by atoms with E-state index in [0.29, 0.717) is 10.7 Å². The van der Waals surface area contributed by atoms with Crippen LogP contribution in [0.2, 0.25) is 0 Å². The van der Waals surface area contributed by atoms with Crippen LogP contribution in [0.25, 0.3) is 16.6 Å². The predicted octanol–water partition coefficient (Wildman–Crippen LogP) is 1.91. The molecule has 1 aromatic carbocycles. The number of hydrogen-bond acceptors (Lipinski definition) is 3. The van der Waals surface area contributed by atoms with Gasteiger partial charge in [0.2, 0.25) is 0 Å². The van der Waals surface area contributed by atoms with Crippen molar-refractivity contribution < 1.29 is 0 Å². The molecule has 1 aromatic heterocycles. The average molecular weight is 249 g/mol. The molecule has 2 rings (SSSR count). The van der Waals surface area contributed by atoms with E-state index in [1.165, 1.54) is 6.20 Å². The van der Waals surface area contributed by atoms with Gasteiger partial charge in [0.05, 0.1) is 16.7 Å². The third-order valence-electron chi connectivity index (χ3n) is 2.53. The van der Waals surface area contributed by atoms with Crippen molar-refractivity contribution in [1.29, 1.82) is 0 Å². The van der Waals surface area contributed by atoms with Gasteiger partial charge in [0.1, 0.15) is 0 Å². The summed E-state index contributed by atoms with van der Waals surface area (Å²) in [6.45, 7) is 0. The topological polar surface area (TPSA) is 69.9 Å². The highest BCUT2D eigenvalue weighted by molar-refractivity contribution is 6.31. The number of allylic oxidation sites excluding steroid dienone is 2. The first kappa shape index (κ1) is 11.5. The van der Waals surface area contributed by atoms with Gasteiger partial charge in [0, 0.05) is 24.3 Å². The number of aryl methyl sites for hydroxylation is 1. The minimum atomic E-state index is 0.411. The Morgan fingerprint density at radius 2 is 2.24 bits per heavy atom. The minimum absolute atomic E-state index is 0.411. The Morgan fingerprint density at radius 3 is 2.94 bits per heavy atom. The van der Waals surface area contributed by atoms with Crippen molar-refractivity contribution in [3.05, 3.63) is 47.3 Å². The molecular weight excluding hydrogens is 236 g/mol. The van der Waals surface area contributed by atoms with Gasteiger partial charge in [-0.05, 0) is 23.8 Å². The highest BCUT2D eigenvalue weighted by atomic mass is 35.5. The van der Waals surface area contributed by atoms with Crippen LogP contribution in [0, 0.1) is 0 Å². The average Bonchev–Trinajstić information content (AvgIpc) is 2.70. The molecule has 0 atom stereocenters. The molecule has 0 fully saturated rings. The second-order valence-electron chi connectivity index (χ2n) is 3.69. The Hall–Kier alpha value is -1.94. The van der Waals surface area contributed by atoms with Crippen molar-refractivity contribution >= 4 is 28.2 Å². The lowest BCUT2D eigenvalue weighted by atomic mass is 10.1. The lowest BCUT2D eigenvalue weighted by Gasteiger charge is -2.02. The standard InChI is InChI=1S/C12H13ClN4/c1-17-12-3-2-8(4-9(12)7-16-17)11(15)5-10(13)6-14/h2-7H,14-15H2,1H3/b10-6+,11-5-. The highest BCUT2D eigenvalue weighted by Crippen LogP contribution is 2.19. The van der Waals surface area contributed by atoms with Gasteiger partial charge in [-0.15, -0.1) is 0 Å². The Kier molecular flexibility index (Phi) is 3.06. The summed E-state index contributed by atoms with van der Waals surface area (Å²) >= 11 is 5.80. The highest BCUT2D eigenvalue weighted by Gasteiger charge is 2.02. The van der Waals surface area contributed by atoms with E-state index in [9.17, 15) is 0 Å². The van der Waals surface area contributed by atoms with E-state index in [0.717, 1.165) is 16.5 Å². The second-order valence-corrected chi connectivity index (χ2v) is 4.13. The summed E-state index contributed by atoms with van der Waals surface area (Å²) in [6, 6.07) is 5.86. The van der Waals surface area contributed by atoms with Gasteiger partial charge in [-0.3, -0.25) is 4.68 Å². The molecule has 0 aliphatic carbocycles. The molecule has 2 aromatic rings. The molecule has 4 nitrogen and oxygen atoms in total. The summed E-state index contributed by atoms with van der Waals surface area (Å²) in [7, 11) is 1.90. The predicted molar refractivity (Wildman–Crippen MR) is 71.0 cm³/mol. The van der Waals surface area contributed by atoms with E-state index in [-0.39, 0.29) is 0 Å². The van der Waals surface area contributed by atoms with Crippen LogP contribution >= 0.6 is 11.6 Å². The SMILES string of the molecule is Cn1ncc2cc(/C(N)=C/C(Cl)=C\N)ccc21. The lowest BCUT2D eigenvalue weighted by molar-refractivity contribution is 0.797. The molecule has 4 N–H and O–H groups in total. The van der Waals surface area contributed by atoms with Gasteiger partial charge < -0.3 is 11.5 Å². The number of nitrogens with zero attached hydrogens (tertiary/aromatic N) is 2. The lowest BCUT2D eigenvalue weighted by Crippen LogP contribution is -1.97. The monoisotopic (exact) mass is 248 g/mol. The van der Waals surface area contributed by atoms with Gasteiger partial charge >= 0.3 is 0 Å². The van der Waals surface area contributed by atoms with Crippen molar-refractivity contribution in [3.8, 4) is 0 Å². The van der Waals surface area contributed by atoms with Crippen LogP contribution in [0.5, 0.6) is 0 Å². The van der Waals surface area contributed by atoms with Crippen LogP contribution < -0.4 is 11.5 Å². The summed E-state index contributed by atoms with van der Waals surface area (Å²) in [4.78, 5) is 0. The Labute approximate surface area is 104 Å². The molecule has 0 spiro atoms. The summed E-state index contributed by atoms with van der Waals surface area (Å²) in [5.41, 5.74) is 13.7. The van der Waals surface area contributed by atoms with Crippen molar-refractivity contribution in [2.75, 3.05) is 0 Å². The molecule has 1 heterocycles. The number of halogens is 1. The molecule has 0 bridgehead atoms. The maximum Gasteiger partial charge on any atom is 0.0679 e. The van der Waals surface area contributed by atoms with Crippen molar-refractivity contribution in [1.82, 2.24) is 9.78 Å². The van der Waals surface area contributed by atoms with Crippen molar-refractivity contribution in [2.45, 2.75) is 0 Å². The molecule has 0 aliphatic rings. The fourth-order valence-electron chi connectivity index (χ4n) is 1.62. The summed E-state index contributed by atoms with van der Waals surface area (Å²) in [6.07, 6.45) is 4.72. The van der Waals surface area contributed by atoms with Crippen LogP contribution in [0.1, 0.15) is 5.56 Å². The zero-order valence-electron chi connectivity index (χ0n) is 9.39. The first-order valence-corrected chi connectivity index (χ1v) is 5.46. The number of rotatable bonds is 2. The van der Waals surface area contributed by atoms with Crippen molar-refractivity contribution in [3.63, 3.8) is 0 Å². The number of nitrogens with two attached hydrogens (primary N) is 2. The molecule has 0 saturated carbocycles. The van der Waals surface area contributed by atoms with E-state index < -0.39 is 0 Å². The summed E-state index contributed by atoms with van der Waals surface area (Å²) in [5.74, 6) is 0. The molecule has 0 aliphatic heterocycles. The normalized spacial score (nSPS) is 13.3. The van der Waals surface area contributed by atoms with Crippen molar-refractivity contribution in [2.24, 2.45) is 18.5 Å². The van der Waals surface area contributed by atoms with Gasteiger partial charge in [0.15, 0.2) is 0 Å². The fourth-order valence-corrected chi connectivity index (χ4v) is 1.74. The Morgan fingerprint density at radius 1 is 1.47 bits per heavy atom. The van der Waals surface area contributed by atoms with E-state index in [4.69, 9.17) is 23.1 Å². The van der Waals surface area contributed by atoms with E-state index in [1.807, 2.05) is 29.9 Å². The van der Waals surface area contributed by atoms with Crippen LogP contribution in [-0.4, -0.2) is 9.78 Å². The Balaban J connectivity index is 2.46. The van der Waals surface area contributed by atoms with E-state index >= 15 is 0 Å². The van der Waals surface area contributed by atoms with Gasteiger partial charge in [-0.1, -0.05) is 17.7 Å². The molecule has 0 unspecified atom stereocenters. The first-order chi connectivity index (χ1) is 8.11. The third-order valence-corrected chi connectivity index (χ3v) is 2.77. The van der Waals surface area contributed by atoms with Gasteiger partial charge in [0.25, 0.3) is 0 Å². The fraction of sp³-hybridized carbons (Fsp3) is 0.0833. The van der Waals surface area contributed by atoms with Crippen LogP contribution in [-0.2, 0) is 7.05 Å². The van der Waals surface area contributed by atoms with Crippen LogP contribution in [0.15, 0.2) is 41.7 Å². The summed E-state index contributed by atoms with van der Waals surface area (Å²) < 4.78 is 1.81. The largest absolute Gasteiger partial charge is 0.403 e. The molecular formula is C12H13ClN4. The number of aromatic nitrogens is 2. The zero-order valence-corrected chi connectivity index (χ0v) is 10.1. The molecule has 0 amide bonds. The van der Waals surface area contributed by atoms with Gasteiger partial charge in [-0.2, -0.15) is 5.10 Å². The molecule has 17 heavy (non-hydrogen) atoms. The second kappa shape index (κ2) is 4.51. The quantitative estimate of drug-likeness (QED) is 0.798. The summed E-state index contributed by atoms with van der Waals surface area (Å²) in [5, 5.41) is 5.62. The first-order valence-electron chi connectivity index (χ1n) is 5.08. The number of fused-ring (bicyclic) bond motifs is 1. The van der Waals surface area contributed by atoms with Gasteiger partial charge in [-0.25, -0.2) is 0 Å². The number of hydrogen-bond donors (Lipinski definition) is 2. The molecule has 88 valence electrons. The molecule has 0 radical (unpaired) electrons. The smallest absolute Gasteiger partial charge is 0.0679 e. The molecule has 5 heteroatoms. The van der Waals surface area contributed by atoms with Crippen LogP contribution in [0.3, 0.4) is 0 Å². The maximum atomic E-state index is 5.92. The van der Waals surface area contributed by atoms with E-state index in [1.54, 1.807) is 12.3 Å². The maximum absolute atomic E-state index is 5.92. The zero-order chi connectivity index (χ0) is 12.4. The Bertz CT molecular complexity index is 610. The third kappa shape index (κ3) is 2.26. The molecule has 0 saturated heterocycles. The number of benzene rings is 1. The minimum Gasteiger partial charge on any atom is -0.403 e. The van der Waals surface area contributed by atoms with E-state index in [2.05, 4.69) is 5.10 Å².